The van der Waals surface area contributed by atoms with Gasteiger partial charge in [-0.05, 0) is 25.0 Å². The van der Waals surface area contributed by atoms with E-state index >= 15 is 0 Å². The second kappa shape index (κ2) is 6.89. The Hall–Kier alpha value is -0.580. The van der Waals surface area contributed by atoms with Crippen LogP contribution in [-0.4, -0.2) is 5.11 Å². The second-order valence-corrected chi connectivity index (χ2v) is 4.21. The molecule has 0 amide bonds. The van der Waals surface area contributed by atoms with Gasteiger partial charge in [0, 0.05) is 16.1 Å². The third kappa shape index (κ3) is 3.77. The van der Waals surface area contributed by atoms with Gasteiger partial charge >= 0.3 is 0 Å². The molecule has 0 aliphatic heterocycles. The van der Waals surface area contributed by atoms with E-state index in [-0.39, 0.29) is 24.2 Å². The maximum Gasteiger partial charge on any atom is 0.166 e. The molecule has 5 heteroatoms. The molecule has 0 saturated heterocycles. The minimum absolute atomic E-state index is 0. The van der Waals surface area contributed by atoms with E-state index in [1.807, 2.05) is 0 Å². The van der Waals surface area contributed by atoms with E-state index in [0.717, 1.165) is 6.42 Å². The van der Waals surface area contributed by atoms with Crippen molar-refractivity contribution in [2.75, 3.05) is 0 Å². The summed E-state index contributed by atoms with van der Waals surface area (Å²) in [4.78, 5) is 0. The normalized spacial score (nSPS) is 11.7. The van der Waals surface area contributed by atoms with E-state index in [1.54, 1.807) is 12.1 Å². The fourth-order valence-corrected chi connectivity index (χ4v) is 1.77. The van der Waals surface area contributed by atoms with Gasteiger partial charge in [0.1, 0.15) is 0 Å². The third-order valence-electron chi connectivity index (χ3n) is 2.14. The fraction of sp³-hybridized carbons (Fsp3) is 0.273. The summed E-state index contributed by atoms with van der Waals surface area (Å²) in [5, 5.41) is 9.49. The zero-order valence-corrected chi connectivity index (χ0v) is 11.0. The van der Waals surface area contributed by atoms with Gasteiger partial charge in [-0.1, -0.05) is 22.0 Å². The predicted octanol–water partition coefficient (Wildman–Crippen LogP) is 3.68. The number of halogens is 3. The van der Waals surface area contributed by atoms with Crippen LogP contribution in [0, 0.1) is 5.82 Å². The molecule has 1 aromatic carbocycles. The average molecular weight is 311 g/mol. The maximum absolute atomic E-state index is 13.2. The molecule has 90 valence electrons. The highest BCUT2D eigenvalue weighted by atomic mass is 79.9. The number of benzene rings is 1. The van der Waals surface area contributed by atoms with Crippen LogP contribution in [-0.2, 0) is 0 Å². The van der Waals surface area contributed by atoms with E-state index in [2.05, 4.69) is 22.5 Å². The first kappa shape index (κ1) is 15.4. The van der Waals surface area contributed by atoms with Gasteiger partial charge in [-0.25, -0.2) is 4.39 Å². The number of aromatic hydroxyl groups is 1. The summed E-state index contributed by atoms with van der Waals surface area (Å²) in [5.74, 6) is -1.02. The van der Waals surface area contributed by atoms with Crippen LogP contribution in [0.5, 0.6) is 5.75 Å². The molecular formula is C11H14BrClFNO. The molecule has 1 atom stereocenters. The molecule has 0 heterocycles. The van der Waals surface area contributed by atoms with E-state index in [1.165, 1.54) is 6.07 Å². The quantitative estimate of drug-likeness (QED) is 0.833. The number of phenols is 1. The highest BCUT2D eigenvalue weighted by Crippen LogP contribution is 2.31. The highest BCUT2D eigenvalue weighted by Gasteiger charge is 2.14. The van der Waals surface area contributed by atoms with Crippen LogP contribution in [0.1, 0.15) is 24.4 Å². The number of rotatable bonds is 4. The minimum atomic E-state index is -0.659. The summed E-state index contributed by atoms with van der Waals surface area (Å²) < 4.78 is 13.7. The Balaban J connectivity index is 0.00000225. The smallest absolute Gasteiger partial charge is 0.166 e. The van der Waals surface area contributed by atoms with E-state index in [9.17, 15) is 9.50 Å². The molecule has 16 heavy (non-hydrogen) atoms. The van der Waals surface area contributed by atoms with Crippen LogP contribution in [0.3, 0.4) is 0 Å². The lowest BCUT2D eigenvalue weighted by Crippen LogP contribution is -2.10. The third-order valence-corrected chi connectivity index (χ3v) is 2.60. The molecule has 0 aliphatic carbocycles. The largest absolute Gasteiger partial charge is 0.505 e. The lowest BCUT2D eigenvalue weighted by atomic mass is 10.0. The van der Waals surface area contributed by atoms with Gasteiger partial charge in [0.05, 0.1) is 0 Å². The number of allylic oxidation sites excluding steroid dienone is 1. The number of phenolic OH excluding ortho intramolecular Hbond substituents is 1. The zero-order chi connectivity index (χ0) is 11.4. The van der Waals surface area contributed by atoms with Crippen molar-refractivity contribution in [3.63, 3.8) is 0 Å². The van der Waals surface area contributed by atoms with Crippen LogP contribution in [0.15, 0.2) is 29.3 Å². The number of hydrogen-bond acceptors (Lipinski definition) is 2. The van der Waals surface area contributed by atoms with Crippen molar-refractivity contribution in [3.8, 4) is 5.75 Å². The molecule has 2 nitrogen and oxygen atoms in total. The number of nitrogens with two attached hydrogens (primary N) is 1. The van der Waals surface area contributed by atoms with Crippen LogP contribution < -0.4 is 5.73 Å². The van der Waals surface area contributed by atoms with Gasteiger partial charge in [-0.2, -0.15) is 0 Å². The van der Waals surface area contributed by atoms with E-state index in [4.69, 9.17) is 5.73 Å². The Labute approximate surface area is 109 Å². The Morgan fingerprint density at radius 3 is 2.75 bits per heavy atom. The first-order valence-corrected chi connectivity index (χ1v) is 5.40. The first-order valence-electron chi connectivity index (χ1n) is 4.60. The van der Waals surface area contributed by atoms with E-state index in [0.29, 0.717) is 16.5 Å². The molecule has 0 aliphatic rings. The fourth-order valence-electron chi connectivity index (χ4n) is 1.32. The van der Waals surface area contributed by atoms with Crippen LogP contribution >= 0.6 is 28.3 Å². The van der Waals surface area contributed by atoms with Crippen LogP contribution in [0.25, 0.3) is 0 Å². The van der Waals surface area contributed by atoms with Gasteiger partial charge in [0.25, 0.3) is 0 Å². The Bertz CT molecular complexity index is 373. The Kier molecular flexibility index (Phi) is 6.64. The highest BCUT2D eigenvalue weighted by molar-refractivity contribution is 9.10. The molecule has 0 aromatic heterocycles. The molecule has 3 N–H and O–H groups in total. The van der Waals surface area contributed by atoms with Crippen LogP contribution in [0.2, 0.25) is 0 Å². The Morgan fingerprint density at radius 1 is 1.56 bits per heavy atom. The van der Waals surface area contributed by atoms with Gasteiger partial charge in [-0.15, -0.1) is 19.0 Å². The van der Waals surface area contributed by atoms with Gasteiger partial charge in [0.15, 0.2) is 11.6 Å². The molecule has 0 unspecified atom stereocenters. The molecule has 1 rings (SSSR count). The summed E-state index contributed by atoms with van der Waals surface area (Å²) in [5.41, 5.74) is 6.24. The van der Waals surface area contributed by atoms with Crippen molar-refractivity contribution in [2.24, 2.45) is 5.73 Å². The van der Waals surface area contributed by atoms with Crippen molar-refractivity contribution in [3.05, 3.63) is 40.6 Å². The molecular weight excluding hydrogens is 296 g/mol. The van der Waals surface area contributed by atoms with Crippen LogP contribution in [0.4, 0.5) is 4.39 Å². The molecule has 0 fully saturated rings. The van der Waals surface area contributed by atoms with Crippen molar-refractivity contribution >= 4 is 28.3 Å². The monoisotopic (exact) mass is 309 g/mol. The molecule has 0 bridgehead atoms. The van der Waals surface area contributed by atoms with Gasteiger partial charge in [-0.3, -0.25) is 0 Å². The topological polar surface area (TPSA) is 46.2 Å². The molecule has 0 saturated carbocycles. The molecule has 1 aromatic rings. The van der Waals surface area contributed by atoms with Crippen molar-refractivity contribution in [1.82, 2.24) is 0 Å². The SMILES string of the molecule is C=CCC[C@@H](N)c1cc(Br)cc(F)c1O.Cl. The Morgan fingerprint density at radius 2 is 2.19 bits per heavy atom. The average Bonchev–Trinajstić information content (AvgIpc) is 2.19. The van der Waals surface area contributed by atoms with Gasteiger partial charge in [0.2, 0.25) is 0 Å². The number of hydrogen-bond donors (Lipinski definition) is 2. The summed E-state index contributed by atoms with van der Waals surface area (Å²) >= 11 is 3.16. The lowest BCUT2D eigenvalue weighted by molar-refractivity contribution is 0.418. The lowest BCUT2D eigenvalue weighted by Gasteiger charge is -2.13. The standard InChI is InChI=1S/C11H13BrFNO.ClH/c1-2-3-4-10(14)8-5-7(12)6-9(13)11(8)15;/h2,5-6,10,15H,1,3-4,14H2;1H/t10-;/m1./s1. The molecule has 0 radical (unpaired) electrons. The minimum Gasteiger partial charge on any atom is -0.505 e. The zero-order valence-electron chi connectivity index (χ0n) is 8.62. The van der Waals surface area contributed by atoms with E-state index < -0.39 is 5.82 Å². The summed E-state index contributed by atoms with van der Waals surface area (Å²) in [6.07, 6.45) is 3.10. The molecule has 0 spiro atoms. The summed E-state index contributed by atoms with van der Waals surface area (Å²) in [6.45, 7) is 3.58. The van der Waals surface area contributed by atoms with Crippen molar-refractivity contribution in [2.45, 2.75) is 18.9 Å². The first-order chi connectivity index (χ1) is 7.06. The summed E-state index contributed by atoms with van der Waals surface area (Å²) in [6, 6.07) is 2.46. The predicted molar refractivity (Wildman–Crippen MR) is 69.4 cm³/mol. The van der Waals surface area contributed by atoms with Crippen molar-refractivity contribution < 1.29 is 9.50 Å². The second-order valence-electron chi connectivity index (χ2n) is 3.30. The van der Waals surface area contributed by atoms with Crippen molar-refractivity contribution in [1.29, 1.82) is 0 Å². The summed E-state index contributed by atoms with van der Waals surface area (Å²) in [7, 11) is 0. The maximum atomic E-state index is 13.2. The van der Waals surface area contributed by atoms with Gasteiger partial charge < -0.3 is 10.8 Å².